The minimum atomic E-state index is -1.42. The predicted molar refractivity (Wildman–Crippen MR) is 384 cm³/mol. The Balaban J connectivity index is 1.95. The molecule has 9 nitrogen and oxygen atoms in total. The number of Topliss-reactive ketones (excluding diaryl/α,β-unsaturated/α-hetero) is 1. The van der Waals surface area contributed by atoms with Gasteiger partial charge in [-0.15, -0.1) is 116 Å². The van der Waals surface area contributed by atoms with E-state index in [0.29, 0.717) is 32.1 Å². The molecule has 1 aliphatic heterocycles. The summed E-state index contributed by atoms with van der Waals surface area (Å²) in [6.45, 7) is 3.98. The van der Waals surface area contributed by atoms with Crippen molar-refractivity contribution in [2.75, 3.05) is 6.61 Å². The smallest absolute Gasteiger partial charge is 0.338 e. The Labute approximate surface area is 458 Å². The molecule has 3 aliphatic carbocycles. The molecular weight excluding hydrogens is 1420 g/mol. The minimum Gasteiger partial charge on any atom is -0.460 e. The quantitative estimate of drug-likeness (QED) is 0.0932. The average molecular weight is 1490 g/mol. The van der Waals surface area contributed by atoms with Gasteiger partial charge in [-0.3, -0.25) is 9.59 Å². The van der Waals surface area contributed by atoms with Crippen LogP contribution in [0.2, 0.25) is 0 Å². The van der Waals surface area contributed by atoms with Crippen molar-refractivity contribution in [3.8, 4) is 0 Å². The van der Waals surface area contributed by atoms with Crippen molar-refractivity contribution in [3.63, 3.8) is 0 Å². The molecule has 0 radical (unpaired) electrons. The fourth-order valence-corrected chi connectivity index (χ4v) is 204. The van der Waals surface area contributed by atoms with Crippen LogP contribution in [0.5, 0.6) is 0 Å². The molecular formula is C29H66O9P30. The summed E-state index contributed by atoms with van der Waals surface area (Å²) in [6.07, 6.45) is -1.74. The first kappa shape index (κ1) is 68.9. The van der Waals surface area contributed by atoms with Crippen molar-refractivity contribution in [2.45, 2.75) is 77.5 Å². The van der Waals surface area contributed by atoms with E-state index in [2.05, 4.69) is 164 Å². The number of esters is 2. The second-order valence-electron chi connectivity index (χ2n) is 16.8. The molecule has 1 aromatic carbocycles. The number of hydrogen-bond donors (Lipinski definition) is 0. The summed E-state index contributed by atoms with van der Waals surface area (Å²) in [6, 6.07) is 9.07. The molecule has 1 aromatic rings. The Morgan fingerprint density at radius 2 is 1.32 bits per heavy atom. The second-order valence-corrected chi connectivity index (χ2v) is 124. The average Bonchev–Trinajstić information content (AvgIpc) is 3.23. The first-order valence-electron chi connectivity index (χ1n) is 20.0. The molecule has 2 bridgehead atoms. The van der Waals surface area contributed by atoms with Gasteiger partial charge in [-0.2, -0.15) is 0 Å². The van der Waals surface area contributed by atoms with Crippen LogP contribution < -0.4 is 0 Å². The number of benzene rings is 1. The molecule has 1 saturated heterocycles. The van der Waals surface area contributed by atoms with Gasteiger partial charge in [0.2, 0.25) is 5.78 Å². The highest BCUT2D eigenvalue weighted by Gasteiger charge is 2.76. The maximum absolute atomic E-state index is 17.2. The molecule has 39 heteroatoms. The standard InChI is InChI=1S/C29H66O9P30/c1-14-18(36-58(66(54)62(46)47)68(64(50)51)65(52)53)11-17-22(34-26(32)16-9-7-6-8-10-16)24-28(5,19(37-56(59(40)41)60(42)43)12-20-29(24,13-33-20)35-15(2)30)25(31)23(21(14)27(17,3)4)38-57(61(44)45)67(55-39)63(48)49/h6-10,14,17-20,22,24,55H,11-13,39-54H2,1-5H3/t14?,17?,18-,19-,20+,22+,24-,28+,29-,57?,58?,66?,67?/m0/s1. The number of rotatable bonds is 20. The summed E-state index contributed by atoms with van der Waals surface area (Å²) >= 11 is 0. The molecule has 0 spiro atoms. The van der Waals surface area contributed by atoms with Crippen LogP contribution in [0.3, 0.4) is 0 Å². The summed E-state index contributed by atoms with van der Waals surface area (Å²) in [4.78, 5) is 45.7. The van der Waals surface area contributed by atoms with Gasteiger partial charge in [0.05, 0.1) is 50.8 Å². The van der Waals surface area contributed by atoms with Crippen molar-refractivity contribution in [2.24, 2.45) is 28.6 Å². The van der Waals surface area contributed by atoms with Crippen LogP contribution in [0.15, 0.2) is 41.7 Å². The highest BCUT2D eigenvalue weighted by atomic mass is 33.2. The van der Waals surface area contributed by atoms with E-state index in [1.807, 2.05) is 25.1 Å². The lowest BCUT2D eigenvalue weighted by Crippen LogP contribution is -2.78. The fraction of sp³-hybridized carbons (Fsp3) is 0.621. The Kier molecular flexibility index (Phi) is 30.9. The van der Waals surface area contributed by atoms with E-state index < -0.39 is 151 Å². The number of ketones is 1. The Hall–Kier alpha value is 10.1. The first-order valence-corrected chi connectivity index (χ1v) is 72.2. The lowest BCUT2D eigenvalue weighted by Gasteiger charge is -2.66. The van der Waals surface area contributed by atoms with E-state index in [4.69, 9.17) is 27.8 Å². The molecule has 68 heavy (non-hydrogen) atoms. The van der Waals surface area contributed by atoms with Crippen molar-refractivity contribution < 1.29 is 42.2 Å². The van der Waals surface area contributed by atoms with E-state index >= 15 is 4.79 Å². The van der Waals surface area contributed by atoms with Crippen LogP contribution in [0.25, 0.3) is 0 Å². The van der Waals surface area contributed by atoms with Crippen molar-refractivity contribution in [1.82, 2.24) is 0 Å². The van der Waals surface area contributed by atoms with Crippen LogP contribution in [0.1, 0.15) is 57.8 Å². The molecule has 3 fully saturated rings. The van der Waals surface area contributed by atoms with Crippen LogP contribution in [-0.2, 0) is 37.4 Å². The topological polar surface area (TPSA) is 107 Å². The summed E-state index contributed by atoms with van der Waals surface area (Å²) < 4.78 is 43.3. The number of ether oxygens (including phenoxy) is 3. The molecule has 1 heterocycles. The molecule has 0 aromatic heterocycles. The Morgan fingerprint density at radius 1 is 0.750 bits per heavy atom. The van der Waals surface area contributed by atoms with Gasteiger partial charge in [-0.1, -0.05) is 73.7 Å². The molecule has 0 amide bonds. The van der Waals surface area contributed by atoms with Crippen LogP contribution in [-0.4, -0.2) is 54.3 Å². The number of allylic oxidation sites excluding steroid dienone is 1. The summed E-state index contributed by atoms with van der Waals surface area (Å²) in [5.41, 5.74) is -2.18. The molecule has 386 valence electrons. The van der Waals surface area contributed by atoms with Gasteiger partial charge in [-0.05, 0) is 78.4 Å². The van der Waals surface area contributed by atoms with Crippen molar-refractivity contribution >= 4 is 261 Å². The van der Waals surface area contributed by atoms with Gasteiger partial charge in [0.25, 0.3) is 0 Å². The molecule has 30 atom stereocenters. The van der Waals surface area contributed by atoms with E-state index in [1.54, 1.807) is 12.1 Å². The largest absolute Gasteiger partial charge is 0.460 e. The maximum Gasteiger partial charge on any atom is 0.338 e. The third-order valence-electron chi connectivity index (χ3n) is 12.4. The normalized spacial score (nSPS) is 31.4. The Morgan fingerprint density at radius 3 is 1.78 bits per heavy atom. The highest BCUT2D eigenvalue weighted by molar-refractivity contribution is 9.19. The highest BCUT2D eigenvalue weighted by Crippen LogP contribution is 3.18. The van der Waals surface area contributed by atoms with Gasteiger partial charge in [0.1, 0.15) is 12.2 Å². The van der Waals surface area contributed by atoms with Crippen LogP contribution in [0.4, 0.5) is 0 Å². The fourth-order valence-electron chi connectivity index (χ4n) is 9.55. The molecule has 23 unspecified atom stereocenters. The van der Waals surface area contributed by atoms with Gasteiger partial charge in [-0.25, -0.2) is 4.79 Å². The monoisotopic (exact) mass is 1490 g/mol. The zero-order valence-electron chi connectivity index (χ0n) is 37.8. The Bertz CT molecular complexity index is 1940. The third-order valence-corrected chi connectivity index (χ3v) is 153. The lowest BCUT2D eigenvalue weighted by atomic mass is 9.46. The summed E-state index contributed by atoms with van der Waals surface area (Å²) in [5, 5.41) is 0. The maximum atomic E-state index is 17.2. The van der Waals surface area contributed by atoms with Crippen molar-refractivity contribution in [3.05, 3.63) is 47.2 Å². The van der Waals surface area contributed by atoms with Crippen molar-refractivity contribution in [1.29, 1.82) is 0 Å². The summed E-state index contributed by atoms with van der Waals surface area (Å²) in [5.74, 6) is -2.31. The summed E-state index contributed by atoms with van der Waals surface area (Å²) in [7, 11) is 46.4. The van der Waals surface area contributed by atoms with Crippen LogP contribution in [0, 0.1) is 28.6 Å². The molecule has 0 N–H and O–H groups in total. The number of carbonyl (C=O) groups excluding carboxylic acids is 3. The van der Waals surface area contributed by atoms with Gasteiger partial charge >= 0.3 is 11.9 Å². The van der Waals surface area contributed by atoms with E-state index in [0.717, 1.165) is 5.57 Å². The van der Waals surface area contributed by atoms with Gasteiger partial charge in [0.15, 0.2) is 18.9 Å². The first-order chi connectivity index (χ1) is 31.6. The van der Waals surface area contributed by atoms with E-state index in [1.165, 1.54) is 6.92 Å². The van der Waals surface area contributed by atoms with Crippen LogP contribution >= 0.6 is 243 Å². The SMILES string of the molecule is CC(=O)O[C@@]12CO[C@@H]1C[C@H](OP(P(P)P)P(P)P)[C@@]1(C)C(=O)C(OP(P(P)P)P(PP)P(P)P)=C3C(C)[C@@H](OP(P(P)P(P)P)P(P(P)P)P(P)P)CC([C@@H](OC(=O)c4ccccc4)[C@H]21)C3(C)C. The van der Waals surface area contributed by atoms with Gasteiger partial charge < -0.3 is 27.8 Å². The number of carbonyl (C=O) groups is 3. The van der Waals surface area contributed by atoms with E-state index in [9.17, 15) is 9.59 Å². The third kappa shape index (κ3) is 15.8. The zero-order chi connectivity index (χ0) is 51.1. The number of hydrogen-bond acceptors (Lipinski definition) is 9. The van der Waals surface area contributed by atoms with Gasteiger partial charge in [0, 0.05) is 53.1 Å². The molecule has 5 rings (SSSR count). The minimum absolute atomic E-state index is 0.0531. The molecule has 2 saturated carbocycles. The zero-order valence-corrected chi connectivity index (χ0v) is 68.9. The second kappa shape index (κ2) is 30.5. The predicted octanol–water partition coefficient (Wildman–Crippen LogP) is 20.6. The molecule has 4 aliphatic rings. The lowest BCUT2D eigenvalue weighted by molar-refractivity contribution is -0.332. The number of fused-ring (bicyclic) bond motifs is 5. The van der Waals surface area contributed by atoms with E-state index in [-0.39, 0.29) is 24.4 Å².